The minimum Gasteiger partial charge on any atom is -0.456 e. The molecule has 0 aliphatic carbocycles. The van der Waals surface area contributed by atoms with Crippen LogP contribution >= 0.6 is 0 Å². The highest BCUT2D eigenvalue weighted by atomic mass is 16.5. The number of hydrogen-bond acceptors (Lipinski definition) is 3. The van der Waals surface area contributed by atoms with Crippen LogP contribution in [0.3, 0.4) is 0 Å². The fraction of sp³-hybridized carbons (Fsp3) is 0.163. The Hall–Kier alpha value is -6.53. The molecule has 6 heteroatoms. The van der Waals surface area contributed by atoms with Gasteiger partial charge in [0.15, 0.2) is 0 Å². The minimum atomic E-state index is -0.0432. The van der Waals surface area contributed by atoms with Crippen molar-refractivity contribution < 1.29 is 9.30 Å². The zero-order chi connectivity index (χ0) is 37.9. The second-order valence-corrected chi connectivity index (χ2v) is 16.3. The van der Waals surface area contributed by atoms with Crippen molar-refractivity contribution >= 4 is 32.8 Å². The first-order valence-electron chi connectivity index (χ1n) is 18.8. The molecule has 0 N–H and O–H groups in total. The van der Waals surface area contributed by atoms with Gasteiger partial charge in [0.05, 0.1) is 39.6 Å². The lowest BCUT2D eigenvalue weighted by Crippen LogP contribution is -2.30. The van der Waals surface area contributed by atoms with Gasteiger partial charge < -0.3 is 4.74 Å². The molecule has 0 unspecified atom stereocenters. The number of nitrogens with zero attached hydrogens (tertiary/aromatic N) is 5. The van der Waals surface area contributed by atoms with E-state index in [4.69, 9.17) is 9.72 Å². The molecule has 0 aliphatic rings. The molecule has 6 nitrogen and oxygen atoms in total. The molecular formula is C49H43N5O. The quantitative estimate of drug-likeness (QED) is 0.127. The van der Waals surface area contributed by atoms with Crippen LogP contribution in [0.1, 0.15) is 52.7 Å². The van der Waals surface area contributed by atoms with Crippen LogP contribution < -0.4 is 9.30 Å². The number of para-hydroxylation sites is 3. The number of fused-ring (bicyclic) bond motifs is 4. The van der Waals surface area contributed by atoms with Crippen molar-refractivity contribution in [3.8, 4) is 39.8 Å². The Labute approximate surface area is 322 Å². The molecule has 5 aromatic carbocycles. The Balaban J connectivity index is 1.12. The van der Waals surface area contributed by atoms with Gasteiger partial charge in [-0.1, -0.05) is 120 Å². The van der Waals surface area contributed by atoms with E-state index in [9.17, 15) is 0 Å². The zero-order valence-electron chi connectivity index (χ0n) is 32.1. The minimum absolute atomic E-state index is 0.00789. The summed E-state index contributed by atoms with van der Waals surface area (Å²) in [6.07, 6.45) is 9.20. The molecule has 0 aliphatic heterocycles. The third kappa shape index (κ3) is 6.33. The summed E-state index contributed by atoms with van der Waals surface area (Å²) in [5.74, 6) is 2.23. The van der Waals surface area contributed by atoms with E-state index in [0.29, 0.717) is 11.5 Å². The number of ether oxygens (including phenoxy) is 1. The maximum Gasteiger partial charge on any atom is 0.269 e. The second-order valence-electron chi connectivity index (χ2n) is 16.3. The van der Waals surface area contributed by atoms with Gasteiger partial charge in [-0.15, -0.1) is 0 Å². The first kappa shape index (κ1) is 34.3. The van der Waals surface area contributed by atoms with Crippen molar-refractivity contribution in [1.29, 1.82) is 0 Å². The average molecular weight is 718 g/mol. The maximum atomic E-state index is 6.60. The summed E-state index contributed by atoms with van der Waals surface area (Å²) in [7, 11) is 0. The van der Waals surface area contributed by atoms with Crippen LogP contribution in [-0.4, -0.2) is 19.1 Å². The summed E-state index contributed by atoms with van der Waals surface area (Å²) >= 11 is 0. The topological polar surface area (TPSA) is 48.8 Å². The van der Waals surface area contributed by atoms with Gasteiger partial charge in [-0.25, -0.2) is 4.98 Å². The number of pyridine rings is 2. The molecule has 4 aromatic heterocycles. The molecule has 0 atom stereocenters. The van der Waals surface area contributed by atoms with Crippen LogP contribution in [-0.2, 0) is 10.8 Å². The largest absolute Gasteiger partial charge is 0.456 e. The summed E-state index contributed by atoms with van der Waals surface area (Å²) in [4.78, 5) is 9.49. The summed E-state index contributed by atoms with van der Waals surface area (Å²) in [6, 6.07) is 46.9. The van der Waals surface area contributed by atoms with Crippen molar-refractivity contribution in [2.45, 2.75) is 52.4 Å². The Morgan fingerprint density at radius 2 is 1.31 bits per heavy atom. The van der Waals surface area contributed by atoms with Crippen molar-refractivity contribution in [2.24, 2.45) is 0 Å². The summed E-state index contributed by atoms with van der Waals surface area (Å²) in [5, 5.41) is 2.31. The van der Waals surface area contributed by atoms with E-state index in [2.05, 4.69) is 188 Å². The van der Waals surface area contributed by atoms with E-state index in [1.54, 1.807) is 6.20 Å². The molecule has 0 saturated carbocycles. The molecule has 0 bridgehead atoms. The fourth-order valence-electron chi connectivity index (χ4n) is 7.40. The highest BCUT2D eigenvalue weighted by Crippen LogP contribution is 2.36. The highest BCUT2D eigenvalue weighted by Gasteiger charge is 2.21. The van der Waals surface area contributed by atoms with Crippen LogP contribution in [0.5, 0.6) is 11.5 Å². The SMILES string of the molecule is CC(C)(C)c1cc(-c2ccccc2)cc(-[n+]2[c-]n(-c3cncc(Oc4ccc5c6ccccc6n(-c6cc(C(C)(C)C)ccn6)c5c4)c3)c3ccccc32)c1. The molecule has 0 amide bonds. The van der Waals surface area contributed by atoms with Crippen LogP contribution in [0.15, 0.2) is 152 Å². The van der Waals surface area contributed by atoms with Gasteiger partial charge >= 0.3 is 0 Å². The van der Waals surface area contributed by atoms with Crippen LogP contribution in [0, 0.1) is 6.33 Å². The standard InChI is InChI=1S/C49H43N5O/c1-48(2,3)35-22-23-51-47(27-35)54-43-17-11-10-16-41(43)42-21-20-39(29-46(42)54)55-40-28-38(30-50-31-40)53-32-52(44-18-12-13-19-45(44)53)37-25-34(33-14-8-7-9-15-33)24-36(26-37)49(4,5)6/h7-31H,1-6H3. The second kappa shape index (κ2) is 13.1. The number of rotatable bonds is 6. The van der Waals surface area contributed by atoms with Crippen molar-refractivity contribution in [1.82, 2.24) is 19.1 Å². The highest BCUT2D eigenvalue weighted by molar-refractivity contribution is 6.09. The summed E-state index contributed by atoms with van der Waals surface area (Å²) < 4.78 is 13.1. The van der Waals surface area contributed by atoms with Gasteiger partial charge in [0.1, 0.15) is 17.3 Å². The van der Waals surface area contributed by atoms with Crippen LogP contribution in [0.25, 0.3) is 61.2 Å². The van der Waals surface area contributed by atoms with Gasteiger partial charge in [0.2, 0.25) is 0 Å². The van der Waals surface area contributed by atoms with Gasteiger partial charge in [-0.2, -0.15) is 0 Å². The third-order valence-electron chi connectivity index (χ3n) is 10.4. The van der Waals surface area contributed by atoms with E-state index in [-0.39, 0.29) is 10.8 Å². The lowest BCUT2D eigenvalue weighted by Gasteiger charge is -2.22. The molecule has 4 heterocycles. The van der Waals surface area contributed by atoms with E-state index < -0.39 is 0 Å². The fourth-order valence-corrected chi connectivity index (χ4v) is 7.40. The number of aromatic nitrogens is 5. The Kier molecular flexibility index (Phi) is 8.16. The van der Waals surface area contributed by atoms with E-state index >= 15 is 0 Å². The Morgan fingerprint density at radius 1 is 0.582 bits per heavy atom. The predicted octanol–water partition coefficient (Wildman–Crippen LogP) is 11.6. The third-order valence-corrected chi connectivity index (χ3v) is 10.4. The molecule has 55 heavy (non-hydrogen) atoms. The monoisotopic (exact) mass is 717 g/mol. The molecular weight excluding hydrogens is 675 g/mol. The van der Waals surface area contributed by atoms with Crippen molar-refractivity contribution in [3.05, 3.63) is 170 Å². The van der Waals surface area contributed by atoms with Crippen LogP contribution in [0.4, 0.5) is 0 Å². The first-order valence-corrected chi connectivity index (χ1v) is 18.8. The lowest BCUT2D eigenvalue weighted by molar-refractivity contribution is -0.572. The lowest BCUT2D eigenvalue weighted by atomic mass is 9.85. The normalized spacial score (nSPS) is 12.2. The van der Waals surface area contributed by atoms with E-state index in [1.807, 2.05) is 24.5 Å². The molecule has 270 valence electrons. The molecule has 9 rings (SSSR count). The van der Waals surface area contributed by atoms with Gasteiger partial charge in [-0.3, -0.25) is 18.7 Å². The van der Waals surface area contributed by atoms with Gasteiger partial charge in [0.25, 0.3) is 6.33 Å². The first-order chi connectivity index (χ1) is 26.5. The zero-order valence-corrected chi connectivity index (χ0v) is 32.1. The number of benzene rings is 5. The van der Waals surface area contributed by atoms with E-state index in [1.165, 1.54) is 27.6 Å². The Bertz CT molecular complexity index is 2870. The summed E-state index contributed by atoms with van der Waals surface area (Å²) in [6.45, 7) is 13.5. The van der Waals surface area contributed by atoms with Crippen LogP contribution in [0.2, 0.25) is 0 Å². The molecule has 0 saturated heterocycles. The number of hydrogen-bond donors (Lipinski definition) is 0. The molecule has 9 aromatic rings. The van der Waals surface area contributed by atoms with E-state index in [0.717, 1.165) is 44.6 Å². The maximum absolute atomic E-state index is 6.60. The van der Waals surface area contributed by atoms with Crippen molar-refractivity contribution in [2.75, 3.05) is 0 Å². The molecule has 0 fully saturated rings. The van der Waals surface area contributed by atoms with Crippen molar-refractivity contribution in [3.63, 3.8) is 0 Å². The van der Waals surface area contributed by atoms with Gasteiger partial charge in [-0.05, 0) is 81.6 Å². The molecule has 0 radical (unpaired) electrons. The van der Waals surface area contributed by atoms with Gasteiger partial charge in [0, 0.05) is 29.2 Å². The summed E-state index contributed by atoms with van der Waals surface area (Å²) in [5.41, 5.74) is 10.9. The smallest absolute Gasteiger partial charge is 0.269 e. The average Bonchev–Trinajstić information content (AvgIpc) is 3.74. The molecule has 0 spiro atoms. The number of imidazole rings is 1. The predicted molar refractivity (Wildman–Crippen MR) is 223 cm³/mol. The Morgan fingerprint density at radius 3 is 2.11 bits per heavy atom.